The zero-order valence-corrected chi connectivity index (χ0v) is 55.2. The van der Waals surface area contributed by atoms with Crippen LogP contribution in [0.2, 0.25) is 0 Å². The fraction of sp³-hybridized carbons (Fsp3) is 0.213. The number of rotatable bonds is 4. The van der Waals surface area contributed by atoms with E-state index in [1.165, 1.54) is 140 Å². The van der Waals surface area contributed by atoms with Crippen molar-refractivity contribution in [3.8, 4) is 55.6 Å². The van der Waals surface area contributed by atoms with Crippen LogP contribution in [0.3, 0.4) is 0 Å². The second kappa shape index (κ2) is 29.7. The van der Waals surface area contributed by atoms with Gasteiger partial charge < -0.3 is 0 Å². The molecule has 0 radical (unpaired) electrons. The Morgan fingerprint density at radius 1 is 0.258 bits per heavy atom. The highest BCUT2D eigenvalue weighted by Crippen LogP contribution is 2.62. The average Bonchev–Trinajstić information content (AvgIpc) is 1.53. The first-order chi connectivity index (χ1) is 43.1. The Labute approximate surface area is 535 Å². The lowest BCUT2D eigenvalue weighted by Crippen LogP contribution is -2.25. The van der Waals surface area contributed by atoms with Crippen molar-refractivity contribution in [3.05, 3.63) is 346 Å². The lowest BCUT2D eigenvalue weighted by atomic mass is 9.70. The van der Waals surface area contributed by atoms with E-state index < -0.39 is 0 Å². The smallest absolute Gasteiger partial charge is 0.0651 e. The van der Waals surface area contributed by atoms with Crippen molar-refractivity contribution in [1.29, 1.82) is 0 Å². The van der Waals surface area contributed by atoms with Crippen molar-refractivity contribution in [2.45, 2.75) is 114 Å². The molecule has 3 aliphatic carbocycles. The van der Waals surface area contributed by atoms with Crippen molar-refractivity contribution in [1.82, 2.24) is 0 Å². The molecule has 1 spiro atoms. The lowest BCUT2D eigenvalue weighted by molar-refractivity contribution is 0.626. The number of fused-ring (bicyclic) bond motifs is 14. The molecule has 0 amide bonds. The number of hydrogen-bond acceptors (Lipinski definition) is 0. The molecule has 0 heteroatoms. The standard InChI is InChI=1S/C26H18.C16H16.2C13H12.C11H10.2C5H12/c1-17-14-15-21-20-10-4-7-13-24(20)26(25(21)16-17)22-11-5-2-8-18(22)19-9-3-6-12-23(19)26;1-11-8-9-13-12-6-4-5-7-14(12)16(2,3)15(13)10-11;1-11-7-5-6-10-13(11)12-8-3-2-4-9-12;1-11-6-5-9-13(10-11)12-7-3-2-4-8-12;1-9-6-7-10-4-2-3-5-11(10)8-9;2*1-4-5(2)3/h2-16H,1H3;4-10H,1-3H3;2*2-10H,1H3;2-8H,1H3;2*5H,4H2,1-3H3. The number of benzene rings is 12. The minimum Gasteiger partial charge on any atom is -0.0651 e. The van der Waals surface area contributed by atoms with Gasteiger partial charge in [-0.1, -0.05) is 376 Å². The lowest BCUT2D eigenvalue weighted by Gasteiger charge is -2.30. The third-order valence-corrected chi connectivity index (χ3v) is 17.8. The molecule has 3 aliphatic rings. The van der Waals surface area contributed by atoms with Crippen LogP contribution in [0, 0.1) is 46.5 Å². The van der Waals surface area contributed by atoms with Crippen molar-refractivity contribution in [2.24, 2.45) is 11.8 Å². The van der Waals surface area contributed by atoms with Crippen LogP contribution in [0.5, 0.6) is 0 Å². The second-order valence-electron chi connectivity index (χ2n) is 25.5. The summed E-state index contributed by atoms with van der Waals surface area (Å²) in [5.41, 5.74) is 28.7. The summed E-state index contributed by atoms with van der Waals surface area (Å²) in [6.07, 6.45) is 2.61. The molecule has 0 N–H and O–H groups in total. The molecular formula is C89H92. The Balaban J connectivity index is 0.000000132. The highest BCUT2D eigenvalue weighted by atomic mass is 14.5. The van der Waals surface area contributed by atoms with Gasteiger partial charge in [-0.25, -0.2) is 0 Å². The van der Waals surface area contributed by atoms with Crippen LogP contribution in [-0.2, 0) is 10.8 Å². The van der Waals surface area contributed by atoms with E-state index in [2.05, 4.69) is 363 Å². The van der Waals surface area contributed by atoms with Gasteiger partial charge in [0.15, 0.2) is 0 Å². The highest BCUT2D eigenvalue weighted by Gasteiger charge is 2.51. The summed E-state index contributed by atoms with van der Waals surface area (Å²) in [6.45, 7) is 28.7. The maximum atomic E-state index is 2.40. The summed E-state index contributed by atoms with van der Waals surface area (Å²) in [7, 11) is 0. The Bertz CT molecular complexity index is 4170. The molecule has 0 saturated carbocycles. The third kappa shape index (κ3) is 14.7. The molecule has 89 heavy (non-hydrogen) atoms. The van der Waals surface area contributed by atoms with E-state index in [4.69, 9.17) is 0 Å². The molecule has 0 nitrogen and oxygen atoms in total. The molecule has 0 atom stereocenters. The van der Waals surface area contributed by atoms with Gasteiger partial charge in [-0.05, 0) is 152 Å². The average molecular weight is 1160 g/mol. The van der Waals surface area contributed by atoms with Gasteiger partial charge in [0.1, 0.15) is 0 Å². The first kappa shape index (κ1) is 64.4. The topological polar surface area (TPSA) is 0 Å². The monoisotopic (exact) mass is 1160 g/mol. The van der Waals surface area contributed by atoms with Crippen LogP contribution in [0.15, 0.2) is 285 Å². The van der Waals surface area contributed by atoms with E-state index in [-0.39, 0.29) is 10.8 Å². The first-order valence-corrected chi connectivity index (χ1v) is 32.4. The van der Waals surface area contributed by atoms with Crippen molar-refractivity contribution in [3.63, 3.8) is 0 Å². The molecule has 448 valence electrons. The molecule has 0 unspecified atom stereocenters. The largest absolute Gasteiger partial charge is 0.0725 e. The zero-order valence-electron chi connectivity index (χ0n) is 55.2. The number of aryl methyl sites for hydroxylation is 5. The SMILES string of the molecule is CCC(C)C.CCC(C)C.Cc1ccc2c(c1)C(C)(C)c1ccccc1-2.Cc1ccc2c(c1)C1(c3ccccc3-c3ccccc31)c1ccccc1-2.Cc1ccc2ccccc2c1.Cc1cccc(-c2ccccc2)c1.Cc1ccccc1-c1ccccc1. The molecule has 0 aliphatic heterocycles. The van der Waals surface area contributed by atoms with Gasteiger partial charge in [-0.3, -0.25) is 0 Å². The quantitative estimate of drug-likeness (QED) is 0.165. The van der Waals surface area contributed by atoms with E-state index in [1.807, 2.05) is 12.1 Å². The van der Waals surface area contributed by atoms with Gasteiger partial charge in [0.25, 0.3) is 0 Å². The molecule has 15 rings (SSSR count). The van der Waals surface area contributed by atoms with Gasteiger partial charge >= 0.3 is 0 Å². The Kier molecular flexibility index (Phi) is 21.5. The zero-order chi connectivity index (χ0) is 63.1. The van der Waals surface area contributed by atoms with E-state index >= 15 is 0 Å². The van der Waals surface area contributed by atoms with Crippen LogP contribution >= 0.6 is 0 Å². The first-order valence-electron chi connectivity index (χ1n) is 32.4. The van der Waals surface area contributed by atoms with E-state index in [0.29, 0.717) is 0 Å². The van der Waals surface area contributed by atoms with E-state index in [0.717, 1.165) is 11.8 Å². The predicted octanol–water partition coefficient (Wildman–Crippen LogP) is 25.2. The maximum absolute atomic E-state index is 2.40. The minimum absolute atomic E-state index is 0.151. The third-order valence-electron chi connectivity index (χ3n) is 17.8. The Morgan fingerprint density at radius 3 is 1.10 bits per heavy atom. The van der Waals surface area contributed by atoms with Crippen LogP contribution in [-0.4, -0.2) is 0 Å². The van der Waals surface area contributed by atoms with E-state index in [9.17, 15) is 0 Å². The fourth-order valence-corrected chi connectivity index (χ4v) is 12.3. The molecule has 12 aromatic rings. The van der Waals surface area contributed by atoms with Gasteiger partial charge in [0.05, 0.1) is 5.41 Å². The predicted molar refractivity (Wildman–Crippen MR) is 388 cm³/mol. The summed E-state index contributed by atoms with van der Waals surface area (Å²) in [6, 6.07) is 102. The normalized spacial score (nSPS) is 12.3. The van der Waals surface area contributed by atoms with Gasteiger partial charge in [-0.2, -0.15) is 0 Å². The summed E-state index contributed by atoms with van der Waals surface area (Å²) < 4.78 is 0. The second-order valence-corrected chi connectivity index (χ2v) is 25.5. The van der Waals surface area contributed by atoms with Crippen molar-refractivity contribution < 1.29 is 0 Å². The van der Waals surface area contributed by atoms with Crippen LogP contribution in [0.1, 0.15) is 129 Å². The molecular weight excluding hydrogens is 1070 g/mol. The number of hydrogen-bond donors (Lipinski definition) is 0. The van der Waals surface area contributed by atoms with Crippen molar-refractivity contribution >= 4 is 10.8 Å². The maximum Gasteiger partial charge on any atom is 0.0725 e. The van der Waals surface area contributed by atoms with Gasteiger partial charge in [0.2, 0.25) is 0 Å². The molecule has 0 aromatic heterocycles. The Hall–Kier alpha value is -9.10. The van der Waals surface area contributed by atoms with Gasteiger partial charge in [0, 0.05) is 5.41 Å². The molecule has 12 aromatic carbocycles. The molecule has 0 fully saturated rings. The Morgan fingerprint density at radius 2 is 0.607 bits per heavy atom. The fourth-order valence-electron chi connectivity index (χ4n) is 12.3. The summed E-state index contributed by atoms with van der Waals surface area (Å²) in [5, 5.41) is 2.64. The minimum atomic E-state index is -0.189. The molecule has 0 heterocycles. The van der Waals surface area contributed by atoms with E-state index in [1.54, 1.807) is 0 Å². The molecule has 0 bridgehead atoms. The highest BCUT2D eigenvalue weighted by molar-refractivity contribution is 5.95. The van der Waals surface area contributed by atoms with Crippen molar-refractivity contribution in [2.75, 3.05) is 0 Å². The van der Waals surface area contributed by atoms with Crippen LogP contribution in [0.25, 0.3) is 66.4 Å². The van der Waals surface area contributed by atoms with Crippen LogP contribution in [0.4, 0.5) is 0 Å². The summed E-state index contributed by atoms with van der Waals surface area (Å²) in [4.78, 5) is 0. The summed E-state index contributed by atoms with van der Waals surface area (Å²) in [5.74, 6) is 1.77. The summed E-state index contributed by atoms with van der Waals surface area (Å²) >= 11 is 0. The van der Waals surface area contributed by atoms with Crippen LogP contribution < -0.4 is 0 Å². The molecule has 0 saturated heterocycles. The van der Waals surface area contributed by atoms with Gasteiger partial charge in [-0.15, -0.1) is 0 Å².